The van der Waals surface area contributed by atoms with E-state index in [4.69, 9.17) is 4.74 Å². The number of Topliss-reactive ketones (excluding diaryl/α,β-unsaturated/α-hetero) is 1. The van der Waals surface area contributed by atoms with Crippen molar-refractivity contribution in [1.82, 2.24) is 0 Å². The topological polar surface area (TPSA) is 43.4 Å². The molecule has 0 radical (unpaired) electrons. The summed E-state index contributed by atoms with van der Waals surface area (Å²) in [5.41, 5.74) is 1.43. The summed E-state index contributed by atoms with van der Waals surface area (Å²) in [7, 11) is 0. The summed E-state index contributed by atoms with van der Waals surface area (Å²) >= 11 is 0. The zero-order valence-electron chi connectivity index (χ0n) is 14.9. The van der Waals surface area contributed by atoms with E-state index in [1.807, 2.05) is 0 Å². The highest BCUT2D eigenvalue weighted by Crippen LogP contribution is 2.60. The molecule has 3 heteroatoms. The largest absolute Gasteiger partial charge is 0.462 e. The number of hydrogen-bond acceptors (Lipinski definition) is 3. The molecule has 0 bridgehead atoms. The molecule has 0 spiro atoms. The van der Waals surface area contributed by atoms with Gasteiger partial charge in [0, 0.05) is 18.3 Å². The van der Waals surface area contributed by atoms with Crippen molar-refractivity contribution in [3.05, 3.63) is 11.6 Å². The number of fused-ring (bicyclic) bond motifs is 3. The smallest absolute Gasteiger partial charge is 0.306 e. The molecular weight excluding hydrogens is 288 g/mol. The van der Waals surface area contributed by atoms with Crippen molar-refractivity contribution in [1.29, 1.82) is 0 Å². The van der Waals surface area contributed by atoms with Crippen molar-refractivity contribution in [2.75, 3.05) is 0 Å². The van der Waals surface area contributed by atoms with Crippen LogP contribution in [0.3, 0.4) is 0 Å². The molecule has 1 heterocycles. The van der Waals surface area contributed by atoms with Crippen molar-refractivity contribution < 1.29 is 14.3 Å². The van der Waals surface area contributed by atoms with Crippen molar-refractivity contribution in [3.63, 3.8) is 0 Å². The number of esters is 1. The number of carbonyl (C=O) groups is 2. The van der Waals surface area contributed by atoms with E-state index >= 15 is 0 Å². The summed E-state index contributed by atoms with van der Waals surface area (Å²) in [5, 5.41) is 0. The molecule has 2 aliphatic carbocycles. The first-order valence-electron chi connectivity index (χ1n) is 9.18. The molecule has 23 heavy (non-hydrogen) atoms. The molecule has 128 valence electrons. The summed E-state index contributed by atoms with van der Waals surface area (Å²) in [5.74, 6) is 1.49. The first kappa shape index (κ1) is 16.7. The molecule has 3 rings (SSSR count). The van der Waals surface area contributed by atoms with Gasteiger partial charge in [-0.25, -0.2) is 0 Å². The zero-order chi connectivity index (χ0) is 16.8. The summed E-state index contributed by atoms with van der Waals surface area (Å²) in [6, 6.07) is 0. The molecule has 0 unspecified atom stereocenters. The molecule has 0 aromatic heterocycles. The predicted molar refractivity (Wildman–Crippen MR) is 89.8 cm³/mol. The summed E-state index contributed by atoms with van der Waals surface area (Å²) in [6.07, 6.45) is 7.67. The Morgan fingerprint density at radius 2 is 2.09 bits per heavy atom. The minimum Gasteiger partial charge on any atom is -0.462 e. The summed E-state index contributed by atoms with van der Waals surface area (Å²) < 4.78 is 5.45. The van der Waals surface area contributed by atoms with Crippen LogP contribution in [0.5, 0.6) is 0 Å². The van der Waals surface area contributed by atoms with E-state index in [2.05, 4.69) is 33.8 Å². The van der Waals surface area contributed by atoms with Gasteiger partial charge in [-0.15, -0.1) is 0 Å². The van der Waals surface area contributed by atoms with E-state index in [9.17, 15) is 9.59 Å². The van der Waals surface area contributed by atoms with Gasteiger partial charge in [0.15, 0.2) is 0 Å². The van der Waals surface area contributed by atoms with Crippen LogP contribution in [0, 0.1) is 29.1 Å². The maximum Gasteiger partial charge on any atom is 0.306 e. The Labute approximate surface area is 139 Å². The van der Waals surface area contributed by atoms with E-state index in [0.29, 0.717) is 30.5 Å². The van der Waals surface area contributed by atoms with Gasteiger partial charge >= 0.3 is 5.97 Å². The maximum absolute atomic E-state index is 12.8. The zero-order valence-corrected chi connectivity index (χ0v) is 14.9. The van der Waals surface area contributed by atoms with Gasteiger partial charge in [-0.05, 0) is 56.8 Å². The Kier molecular flexibility index (Phi) is 4.41. The molecule has 3 fully saturated rings. The molecule has 1 saturated heterocycles. The van der Waals surface area contributed by atoms with Crippen molar-refractivity contribution in [3.8, 4) is 0 Å². The molecular formula is C20H30O3. The van der Waals surface area contributed by atoms with Crippen LogP contribution in [0.25, 0.3) is 0 Å². The molecule has 0 N–H and O–H groups in total. The number of allylic oxidation sites excluding steroid dienone is 2. The van der Waals surface area contributed by atoms with E-state index in [-0.39, 0.29) is 29.3 Å². The van der Waals surface area contributed by atoms with Crippen LogP contribution in [0.15, 0.2) is 11.6 Å². The fourth-order valence-electron chi connectivity index (χ4n) is 5.62. The monoisotopic (exact) mass is 318 g/mol. The third-order valence-corrected chi connectivity index (χ3v) is 6.75. The quantitative estimate of drug-likeness (QED) is 0.573. The second-order valence-corrected chi connectivity index (χ2v) is 8.53. The minimum atomic E-state index is -0.0999. The second-order valence-electron chi connectivity index (χ2n) is 8.53. The average Bonchev–Trinajstić information content (AvgIpc) is 2.95. The molecule has 0 amide bonds. The minimum absolute atomic E-state index is 0.00394. The van der Waals surface area contributed by atoms with Gasteiger partial charge in [-0.3, -0.25) is 9.59 Å². The van der Waals surface area contributed by atoms with Crippen LogP contribution in [-0.2, 0) is 14.3 Å². The SMILES string of the molecule is CC(C)=CCC[C@@H](C)[C@@H]1CC(=O)[C@@H]2[C@H]3CC(=O)O[C@H]3CC[C@@]21C. The highest BCUT2D eigenvalue weighted by molar-refractivity contribution is 5.86. The van der Waals surface area contributed by atoms with Crippen LogP contribution in [0.4, 0.5) is 0 Å². The Hall–Kier alpha value is -1.12. The molecule has 6 atom stereocenters. The van der Waals surface area contributed by atoms with Crippen LogP contribution in [0.1, 0.15) is 66.2 Å². The van der Waals surface area contributed by atoms with Gasteiger partial charge in [0.25, 0.3) is 0 Å². The number of ketones is 1. The molecule has 1 aliphatic heterocycles. The van der Waals surface area contributed by atoms with Gasteiger partial charge in [0.1, 0.15) is 11.9 Å². The maximum atomic E-state index is 12.8. The lowest BCUT2D eigenvalue weighted by Crippen LogP contribution is -2.44. The first-order chi connectivity index (χ1) is 10.8. The lowest BCUT2D eigenvalue weighted by molar-refractivity contribution is -0.144. The summed E-state index contributed by atoms with van der Waals surface area (Å²) in [6.45, 7) is 8.90. The standard InChI is InChI=1S/C20H30O3/c1-12(2)6-5-7-13(3)15-11-16(21)19-14-10-18(22)23-17(14)8-9-20(15,19)4/h6,13-15,17,19H,5,7-11H2,1-4H3/t13-,14+,15+,17+,19+,20-/m1/s1. The number of carbonyl (C=O) groups excluding carboxylic acids is 2. The lowest BCUT2D eigenvalue weighted by Gasteiger charge is -2.45. The van der Waals surface area contributed by atoms with E-state index < -0.39 is 0 Å². The molecule has 2 saturated carbocycles. The van der Waals surface area contributed by atoms with Crippen LogP contribution >= 0.6 is 0 Å². The number of ether oxygens (including phenoxy) is 1. The van der Waals surface area contributed by atoms with Crippen LogP contribution < -0.4 is 0 Å². The number of rotatable bonds is 4. The third kappa shape index (κ3) is 2.88. The highest BCUT2D eigenvalue weighted by Gasteiger charge is 2.61. The molecule has 0 aromatic rings. The lowest BCUT2D eigenvalue weighted by atomic mass is 9.58. The van der Waals surface area contributed by atoms with Gasteiger partial charge < -0.3 is 4.74 Å². The van der Waals surface area contributed by atoms with E-state index in [1.165, 1.54) is 5.57 Å². The van der Waals surface area contributed by atoms with E-state index in [0.717, 1.165) is 25.7 Å². The van der Waals surface area contributed by atoms with Crippen molar-refractivity contribution in [2.45, 2.75) is 72.3 Å². The average molecular weight is 318 g/mol. The fraction of sp³-hybridized carbons (Fsp3) is 0.800. The van der Waals surface area contributed by atoms with Crippen molar-refractivity contribution >= 4 is 11.8 Å². The fourth-order valence-corrected chi connectivity index (χ4v) is 5.62. The molecule has 0 aromatic carbocycles. The van der Waals surface area contributed by atoms with Gasteiger partial charge in [-0.1, -0.05) is 25.5 Å². The predicted octanol–water partition coefficient (Wildman–Crippen LogP) is 4.31. The first-order valence-corrected chi connectivity index (χ1v) is 9.18. The Bertz CT molecular complexity index is 531. The van der Waals surface area contributed by atoms with Gasteiger partial charge in [0.05, 0.1) is 6.42 Å². The van der Waals surface area contributed by atoms with E-state index in [1.54, 1.807) is 0 Å². The van der Waals surface area contributed by atoms with Crippen LogP contribution in [-0.4, -0.2) is 17.9 Å². The van der Waals surface area contributed by atoms with Gasteiger partial charge in [-0.2, -0.15) is 0 Å². The molecule has 3 nitrogen and oxygen atoms in total. The summed E-state index contributed by atoms with van der Waals surface area (Å²) in [4.78, 5) is 24.5. The van der Waals surface area contributed by atoms with Gasteiger partial charge in [0.2, 0.25) is 0 Å². The number of hydrogen-bond donors (Lipinski definition) is 0. The Morgan fingerprint density at radius 1 is 1.35 bits per heavy atom. The van der Waals surface area contributed by atoms with Crippen LogP contribution in [0.2, 0.25) is 0 Å². The Balaban J connectivity index is 1.76. The normalized spacial score (nSPS) is 40.3. The van der Waals surface area contributed by atoms with Crippen molar-refractivity contribution in [2.24, 2.45) is 29.1 Å². The second kappa shape index (κ2) is 6.07. The third-order valence-electron chi connectivity index (χ3n) is 6.75. The Morgan fingerprint density at radius 3 is 2.78 bits per heavy atom. The highest BCUT2D eigenvalue weighted by atomic mass is 16.5. The molecule has 3 aliphatic rings.